The topological polar surface area (TPSA) is 65.9 Å². The molecule has 1 aromatic carbocycles. The Hall–Kier alpha value is -2.93. The number of anilines is 1. The molecule has 2 amide bonds. The zero-order valence-corrected chi connectivity index (χ0v) is 17.3. The van der Waals surface area contributed by atoms with Crippen molar-refractivity contribution in [3.8, 4) is 0 Å². The Labute approximate surface area is 171 Å². The normalized spacial score (nSPS) is 16.1. The van der Waals surface area contributed by atoms with Crippen LogP contribution in [0.5, 0.6) is 0 Å². The van der Waals surface area contributed by atoms with Gasteiger partial charge in [-0.05, 0) is 37.7 Å². The van der Waals surface area contributed by atoms with E-state index in [1.807, 2.05) is 31.3 Å². The average Bonchev–Trinajstić information content (AvgIpc) is 2.73. The van der Waals surface area contributed by atoms with Crippen LogP contribution >= 0.6 is 0 Å². The molecule has 3 rings (SSSR count). The summed E-state index contributed by atoms with van der Waals surface area (Å²) in [5, 5.41) is 0. The molecule has 0 bridgehead atoms. The standard InChI is InChI=1S/C22H28N4O3/c1-17(27)26-12-6-11-23(2)13-14-25(16-18-7-4-5-8-20(18)26)22(29)19-9-10-21(28)24(3)15-19/h4-5,7-10,15H,6,11-14,16H2,1-3H3. The molecule has 0 radical (unpaired) electrons. The number of aryl methyl sites for hydroxylation is 1. The van der Waals surface area contributed by atoms with E-state index in [1.165, 1.54) is 10.6 Å². The Morgan fingerprint density at radius 3 is 2.41 bits per heavy atom. The minimum atomic E-state index is -0.152. The number of hydrogen-bond acceptors (Lipinski definition) is 4. The fourth-order valence-electron chi connectivity index (χ4n) is 3.62. The molecule has 0 spiro atoms. The lowest BCUT2D eigenvalue weighted by molar-refractivity contribution is -0.116. The van der Waals surface area contributed by atoms with E-state index in [9.17, 15) is 14.4 Å². The van der Waals surface area contributed by atoms with Gasteiger partial charge in [-0.3, -0.25) is 14.4 Å². The van der Waals surface area contributed by atoms with Crippen LogP contribution in [-0.4, -0.2) is 59.4 Å². The minimum Gasteiger partial charge on any atom is -0.333 e. The van der Waals surface area contributed by atoms with Crippen LogP contribution in [-0.2, 0) is 18.4 Å². The first kappa shape index (κ1) is 20.8. The average molecular weight is 396 g/mol. The van der Waals surface area contributed by atoms with Crippen molar-refractivity contribution in [3.05, 3.63) is 64.1 Å². The summed E-state index contributed by atoms with van der Waals surface area (Å²) >= 11 is 0. The second kappa shape index (κ2) is 9.05. The number of carbonyl (C=O) groups excluding carboxylic acids is 2. The number of para-hydroxylation sites is 1. The van der Waals surface area contributed by atoms with Crippen LogP contribution in [0, 0.1) is 0 Å². The van der Waals surface area contributed by atoms with Gasteiger partial charge in [0, 0.05) is 58.1 Å². The van der Waals surface area contributed by atoms with E-state index in [0.717, 1.165) is 30.8 Å². The molecule has 0 N–H and O–H groups in total. The van der Waals surface area contributed by atoms with Crippen LogP contribution in [0.25, 0.3) is 0 Å². The van der Waals surface area contributed by atoms with Crippen molar-refractivity contribution in [2.24, 2.45) is 7.05 Å². The summed E-state index contributed by atoms with van der Waals surface area (Å²) in [7, 11) is 3.66. The Balaban J connectivity index is 1.98. The molecule has 7 heteroatoms. The van der Waals surface area contributed by atoms with Gasteiger partial charge in [0.25, 0.3) is 5.91 Å². The van der Waals surface area contributed by atoms with Crippen LogP contribution in [0.1, 0.15) is 29.3 Å². The van der Waals surface area contributed by atoms with Gasteiger partial charge in [-0.25, -0.2) is 0 Å². The Morgan fingerprint density at radius 2 is 1.69 bits per heavy atom. The summed E-state index contributed by atoms with van der Waals surface area (Å²) in [4.78, 5) is 43.0. The number of amides is 2. The molecule has 0 saturated carbocycles. The summed E-state index contributed by atoms with van der Waals surface area (Å²) in [5.41, 5.74) is 2.11. The maximum absolute atomic E-state index is 13.3. The largest absolute Gasteiger partial charge is 0.333 e. The van der Waals surface area contributed by atoms with Crippen molar-refractivity contribution >= 4 is 17.5 Å². The number of hydrogen-bond donors (Lipinski definition) is 0. The van der Waals surface area contributed by atoms with Gasteiger partial charge in [0.1, 0.15) is 0 Å². The Kier molecular flexibility index (Phi) is 6.49. The molecule has 2 heterocycles. The summed E-state index contributed by atoms with van der Waals surface area (Å²) < 4.78 is 1.41. The third-order valence-corrected chi connectivity index (χ3v) is 5.32. The molecule has 29 heavy (non-hydrogen) atoms. The van der Waals surface area contributed by atoms with Gasteiger partial charge in [0.15, 0.2) is 0 Å². The predicted molar refractivity (Wildman–Crippen MR) is 113 cm³/mol. The van der Waals surface area contributed by atoms with Crippen molar-refractivity contribution in [2.75, 3.05) is 38.1 Å². The second-order valence-corrected chi connectivity index (χ2v) is 7.55. The number of aromatic nitrogens is 1. The number of benzene rings is 1. The monoisotopic (exact) mass is 396 g/mol. The Morgan fingerprint density at radius 1 is 0.931 bits per heavy atom. The highest BCUT2D eigenvalue weighted by Crippen LogP contribution is 2.24. The SMILES string of the molecule is CC(=O)N1CCCN(C)CCN(C(=O)c2ccc(=O)n(C)c2)Cc2ccccc21. The van der Waals surface area contributed by atoms with Gasteiger partial charge >= 0.3 is 0 Å². The van der Waals surface area contributed by atoms with Crippen molar-refractivity contribution < 1.29 is 9.59 Å². The van der Waals surface area contributed by atoms with Crippen molar-refractivity contribution in [2.45, 2.75) is 19.9 Å². The smallest absolute Gasteiger partial charge is 0.255 e. The minimum absolute atomic E-state index is 0.00436. The molecule has 0 aliphatic carbocycles. The van der Waals surface area contributed by atoms with Crippen LogP contribution < -0.4 is 10.5 Å². The number of rotatable bonds is 1. The fraction of sp³-hybridized carbons (Fsp3) is 0.409. The molecule has 1 aromatic heterocycles. The molecule has 0 atom stereocenters. The fourth-order valence-corrected chi connectivity index (χ4v) is 3.62. The van der Waals surface area contributed by atoms with Crippen LogP contribution in [0.4, 0.5) is 5.69 Å². The molecule has 0 unspecified atom stereocenters. The van der Waals surface area contributed by atoms with Crippen molar-refractivity contribution in [1.82, 2.24) is 14.4 Å². The van der Waals surface area contributed by atoms with E-state index in [2.05, 4.69) is 4.90 Å². The van der Waals surface area contributed by atoms with Gasteiger partial charge in [0.05, 0.1) is 5.56 Å². The summed E-state index contributed by atoms with van der Waals surface area (Å²) in [6, 6.07) is 10.7. The molecular formula is C22H28N4O3. The molecule has 2 aromatic rings. The van der Waals surface area contributed by atoms with E-state index in [-0.39, 0.29) is 17.4 Å². The number of nitrogens with zero attached hydrogens (tertiary/aromatic N) is 4. The molecule has 1 aliphatic rings. The first-order valence-corrected chi connectivity index (χ1v) is 9.87. The van der Waals surface area contributed by atoms with Gasteiger partial charge in [-0.2, -0.15) is 0 Å². The summed E-state index contributed by atoms with van der Waals surface area (Å²) in [5.74, 6) is -0.132. The number of carbonyl (C=O) groups is 2. The number of fused-ring (bicyclic) bond motifs is 1. The predicted octanol–water partition coefficient (Wildman–Crippen LogP) is 1.72. The molecule has 0 saturated heterocycles. The quantitative estimate of drug-likeness (QED) is 0.736. The number of likely N-dealkylation sites (N-methyl/N-ethyl adjacent to an activating group) is 1. The van der Waals surface area contributed by atoms with Crippen molar-refractivity contribution in [1.29, 1.82) is 0 Å². The first-order valence-electron chi connectivity index (χ1n) is 9.87. The Bertz CT molecular complexity index is 953. The van der Waals surface area contributed by atoms with Crippen LogP contribution in [0.2, 0.25) is 0 Å². The van der Waals surface area contributed by atoms with Crippen LogP contribution in [0.15, 0.2) is 47.4 Å². The van der Waals surface area contributed by atoms with Gasteiger partial charge in [0.2, 0.25) is 11.5 Å². The van der Waals surface area contributed by atoms with E-state index in [4.69, 9.17) is 0 Å². The first-order chi connectivity index (χ1) is 13.9. The van der Waals surface area contributed by atoms with E-state index >= 15 is 0 Å². The molecular weight excluding hydrogens is 368 g/mol. The van der Waals surface area contributed by atoms with E-state index in [1.54, 1.807) is 36.0 Å². The van der Waals surface area contributed by atoms with Gasteiger partial charge in [-0.1, -0.05) is 18.2 Å². The lowest BCUT2D eigenvalue weighted by Gasteiger charge is -2.27. The highest BCUT2D eigenvalue weighted by Gasteiger charge is 2.22. The highest BCUT2D eigenvalue weighted by molar-refractivity contribution is 5.94. The maximum Gasteiger partial charge on any atom is 0.255 e. The summed E-state index contributed by atoms with van der Waals surface area (Å²) in [6.45, 7) is 4.76. The molecule has 1 aliphatic heterocycles. The highest BCUT2D eigenvalue weighted by atomic mass is 16.2. The zero-order chi connectivity index (χ0) is 21.0. The van der Waals surface area contributed by atoms with E-state index in [0.29, 0.717) is 25.2 Å². The lowest BCUT2D eigenvalue weighted by atomic mass is 10.1. The van der Waals surface area contributed by atoms with Gasteiger partial charge < -0.3 is 19.3 Å². The molecule has 154 valence electrons. The number of pyridine rings is 1. The zero-order valence-electron chi connectivity index (χ0n) is 17.3. The van der Waals surface area contributed by atoms with Crippen LogP contribution in [0.3, 0.4) is 0 Å². The molecule has 7 nitrogen and oxygen atoms in total. The third-order valence-electron chi connectivity index (χ3n) is 5.32. The van der Waals surface area contributed by atoms with E-state index < -0.39 is 0 Å². The summed E-state index contributed by atoms with van der Waals surface area (Å²) in [6.07, 6.45) is 2.44. The van der Waals surface area contributed by atoms with Gasteiger partial charge in [-0.15, -0.1) is 0 Å². The molecule has 0 fully saturated rings. The van der Waals surface area contributed by atoms with Crippen molar-refractivity contribution in [3.63, 3.8) is 0 Å². The maximum atomic E-state index is 13.3. The second-order valence-electron chi connectivity index (χ2n) is 7.55. The lowest BCUT2D eigenvalue weighted by Crippen LogP contribution is -2.37. The third kappa shape index (κ3) is 4.92.